The number of hydrogen-bond donors (Lipinski definition) is 3. The van der Waals surface area contributed by atoms with E-state index in [0.29, 0.717) is 0 Å². The van der Waals surface area contributed by atoms with Crippen LogP contribution in [0.1, 0.15) is 41.5 Å². The number of rotatable bonds is 3. The molecule has 24 heavy (non-hydrogen) atoms. The highest BCUT2D eigenvalue weighted by atomic mass is 16.7. The van der Waals surface area contributed by atoms with Gasteiger partial charge in [0.2, 0.25) is 0 Å². The number of ether oxygens (including phenoxy) is 4. The number of alkyl carbamates (subject to hydrolysis) is 1. The normalized spacial score (nSPS) is 37.2. The highest BCUT2D eigenvalue weighted by molar-refractivity contribution is 5.68. The van der Waals surface area contributed by atoms with E-state index < -0.39 is 54.0 Å². The topological polar surface area (TPSA) is 106 Å². The van der Waals surface area contributed by atoms with E-state index in [0.717, 1.165) is 0 Å². The van der Waals surface area contributed by atoms with Crippen LogP contribution in [0.5, 0.6) is 0 Å². The molecular formula is C16H29NO7. The third-order valence-electron chi connectivity index (χ3n) is 4.01. The fourth-order valence-corrected chi connectivity index (χ4v) is 2.90. The molecule has 2 rings (SSSR count). The van der Waals surface area contributed by atoms with Crippen LogP contribution in [-0.2, 0) is 18.9 Å². The molecule has 2 heterocycles. The van der Waals surface area contributed by atoms with Crippen molar-refractivity contribution in [2.75, 3.05) is 6.61 Å². The number of amides is 1. The van der Waals surface area contributed by atoms with Crippen molar-refractivity contribution in [3.05, 3.63) is 0 Å². The van der Waals surface area contributed by atoms with E-state index in [2.05, 4.69) is 5.32 Å². The minimum Gasteiger partial charge on any atom is -0.444 e. The molecule has 0 aromatic rings. The van der Waals surface area contributed by atoms with Crippen LogP contribution in [0.25, 0.3) is 0 Å². The second kappa shape index (κ2) is 6.76. The zero-order valence-corrected chi connectivity index (χ0v) is 15.1. The molecule has 2 aliphatic rings. The summed E-state index contributed by atoms with van der Waals surface area (Å²) < 4.78 is 22.3. The predicted molar refractivity (Wildman–Crippen MR) is 84.4 cm³/mol. The molecular weight excluding hydrogens is 318 g/mol. The van der Waals surface area contributed by atoms with Crippen LogP contribution in [0.15, 0.2) is 0 Å². The predicted octanol–water partition coefficient (Wildman–Crippen LogP) is 0.540. The van der Waals surface area contributed by atoms with Gasteiger partial charge in [0.05, 0.1) is 18.8 Å². The molecule has 8 heteroatoms. The smallest absolute Gasteiger partial charge is 0.408 e. The molecule has 0 spiro atoms. The van der Waals surface area contributed by atoms with Crippen LogP contribution >= 0.6 is 0 Å². The lowest BCUT2D eigenvalue weighted by atomic mass is 9.98. The van der Waals surface area contributed by atoms with Crippen LogP contribution in [0.3, 0.4) is 0 Å². The molecule has 2 saturated heterocycles. The summed E-state index contributed by atoms with van der Waals surface area (Å²) in [6, 6.07) is -0.726. The Kier molecular flexibility index (Phi) is 5.46. The van der Waals surface area contributed by atoms with Crippen molar-refractivity contribution in [3.8, 4) is 0 Å². The van der Waals surface area contributed by atoms with E-state index in [4.69, 9.17) is 18.9 Å². The van der Waals surface area contributed by atoms with Gasteiger partial charge in [0.15, 0.2) is 5.79 Å². The Morgan fingerprint density at radius 2 is 1.92 bits per heavy atom. The van der Waals surface area contributed by atoms with Crippen LogP contribution in [-0.4, -0.2) is 70.9 Å². The Morgan fingerprint density at radius 3 is 2.33 bits per heavy atom. The lowest BCUT2D eigenvalue weighted by Gasteiger charge is -2.32. The molecule has 2 fully saturated rings. The second-order valence-corrected chi connectivity index (χ2v) is 7.83. The van der Waals surface area contributed by atoms with Crippen molar-refractivity contribution < 1.29 is 34.0 Å². The SMILES string of the molecule is C[C@@H]1O[C@@H]([C@H](NC(=O)OC(C)(C)C)[C@H]2COC(C)(C)O2)[C@@H](O)[C@@H]1O. The monoisotopic (exact) mass is 347 g/mol. The summed E-state index contributed by atoms with van der Waals surface area (Å²) in [5.74, 6) is -0.799. The minimum absolute atomic E-state index is 0.227. The number of carbonyl (C=O) groups excluding carboxylic acids is 1. The van der Waals surface area contributed by atoms with E-state index in [-0.39, 0.29) is 6.61 Å². The van der Waals surface area contributed by atoms with Crippen molar-refractivity contribution in [3.63, 3.8) is 0 Å². The first-order valence-corrected chi connectivity index (χ1v) is 8.22. The summed E-state index contributed by atoms with van der Waals surface area (Å²) in [6.45, 7) is 10.7. The summed E-state index contributed by atoms with van der Waals surface area (Å²) in [7, 11) is 0. The Labute approximate surface area is 142 Å². The zero-order valence-electron chi connectivity index (χ0n) is 15.1. The fourth-order valence-electron chi connectivity index (χ4n) is 2.90. The van der Waals surface area contributed by atoms with E-state index in [9.17, 15) is 15.0 Å². The molecule has 2 aliphatic heterocycles. The van der Waals surface area contributed by atoms with Crippen molar-refractivity contribution >= 4 is 6.09 Å². The van der Waals surface area contributed by atoms with E-state index in [1.165, 1.54) is 0 Å². The summed E-state index contributed by atoms with van der Waals surface area (Å²) in [6.07, 6.45) is -4.75. The van der Waals surface area contributed by atoms with Crippen molar-refractivity contribution in [2.24, 2.45) is 0 Å². The van der Waals surface area contributed by atoms with Crippen molar-refractivity contribution in [1.82, 2.24) is 5.32 Å². The Balaban J connectivity index is 2.15. The average Bonchev–Trinajstić information content (AvgIpc) is 2.89. The van der Waals surface area contributed by atoms with Crippen LogP contribution in [0.4, 0.5) is 4.79 Å². The molecule has 0 unspecified atom stereocenters. The molecule has 6 atom stereocenters. The van der Waals surface area contributed by atoms with Gasteiger partial charge in [-0.25, -0.2) is 4.79 Å². The highest BCUT2D eigenvalue weighted by Crippen LogP contribution is 2.31. The lowest BCUT2D eigenvalue weighted by molar-refractivity contribution is -0.149. The summed E-state index contributed by atoms with van der Waals surface area (Å²) in [4.78, 5) is 12.2. The van der Waals surface area contributed by atoms with E-state index in [1.807, 2.05) is 0 Å². The number of carbonyl (C=O) groups is 1. The number of hydrogen-bond acceptors (Lipinski definition) is 7. The zero-order chi connectivity index (χ0) is 18.3. The van der Waals surface area contributed by atoms with Crippen LogP contribution in [0, 0.1) is 0 Å². The van der Waals surface area contributed by atoms with Gasteiger partial charge in [-0.05, 0) is 41.5 Å². The number of nitrogens with one attached hydrogen (secondary N) is 1. The van der Waals surface area contributed by atoms with Gasteiger partial charge >= 0.3 is 6.09 Å². The first-order chi connectivity index (χ1) is 10.9. The number of aliphatic hydroxyl groups is 2. The maximum atomic E-state index is 12.2. The maximum Gasteiger partial charge on any atom is 0.408 e. The lowest BCUT2D eigenvalue weighted by Crippen LogP contribution is -2.56. The van der Waals surface area contributed by atoms with Gasteiger partial charge in [0, 0.05) is 0 Å². The largest absolute Gasteiger partial charge is 0.444 e. The van der Waals surface area contributed by atoms with Gasteiger partial charge < -0.3 is 34.5 Å². The molecule has 0 bridgehead atoms. The Hall–Kier alpha value is -0.930. The quantitative estimate of drug-likeness (QED) is 0.684. The molecule has 140 valence electrons. The van der Waals surface area contributed by atoms with Crippen molar-refractivity contribution in [1.29, 1.82) is 0 Å². The van der Waals surface area contributed by atoms with Gasteiger partial charge in [-0.3, -0.25) is 0 Å². The molecule has 0 aromatic heterocycles. The molecule has 0 saturated carbocycles. The summed E-state index contributed by atoms with van der Waals surface area (Å²) in [5, 5.41) is 22.9. The first kappa shape index (κ1) is 19.4. The molecule has 0 radical (unpaired) electrons. The third-order valence-corrected chi connectivity index (χ3v) is 4.01. The summed E-state index contributed by atoms with van der Waals surface area (Å²) >= 11 is 0. The third kappa shape index (κ3) is 4.58. The summed E-state index contributed by atoms with van der Waals surface area (Å²) in [5.41, 5.74) is -0.664. The fraction of sp³-hybridized carbons (Fsp3) is 0.938. The molecule has 3 N–H and O–H groups in total. The Bertz CT molecular complexity index is 462. The van der Waals surface area contributed by atoms with Gasteiger partial charge in [-0.15, -0.1) is 0 Å². The molecule has 0 aliphatic carbocycles. The Morgan fingerprint density at radius 1 is 1.29 bits per heavy atom. The standard InChI is InChI=1S/C16H29NO7/c1-8-11(18)12(19)13(22-8)10(9-7-21-16(5,6)23-9)17-14(20)24-15(2,3)4/h8-13,18-19H,7H2,1-6H3,(H,17,20)/t8-,9+,10+,11+,12-,13-/m0/s1. The first-order valence-electron chi connectivity index (χ1n) is 8.22. The molecule has 8 nitrogen and oxygen atoms in total. The van der Waals surface area contributed by atoms with E-state index >= 15 is 0 Å². The highest BCUT2D eigenvalue weighted by Gasteiger charge is 2.50. The average molecular weight is 347 g/mol. The molecule has 1 amide bonds. The van der Waals surface area contributed by atoms with Crippen LogP contribution < -0.4 is 5.32 Å². The van der Waals surface area contributed by atoms with Gasteiger partial charge in [0.25, 0.3) is 0 Å². The van der Waals surface area contributed by atoms with Gasteiger partial charge in [-0.1, -0.05) is 0 Å². The minimum atomic E-state index is -1.15. The van der Waals surface area contributed by atoms with Gasteiger partial charge in [0.1, 0.15) is 30.0 Å². The van der Waals surface area contributed by atoms with Crippen LogP contribution in [0.2, 0.25) is 0 Å². The van der Waals surface area contributed by atoms with E-state index in [1.54, 1.807) is 41.5 Å². The second-order valence-electron chi connectivity index (χ2n) is 7.83. The molecule has 0 aromatic carbocycles. The van der Waals surface area contributed by atoms with Crippen molar-refractivity contribution in [2.45, 2.75) is 89.5 Å². The number of aliphatic hydroxyl groups excluding tert-OH is 2. The maximum absolute atomic E-state index is 12.2. The van der Waals surface area contributed by atoms with Gasteiger partial charge in [-0.2, -0.15) is 0 Å².